The number of benzene rings is 2. The van der Waals surface area contributed by atoms with E-state index in [4.69, 9.17) is 9.72 Å². The van der Waals surface area contributed by atoms with Gasteiger partial charge in [-0.3, -0.25) is 4.79 Å². The lowest BCUT2D eigenvalue weighted by atomic mass is 9.98. The van der Waals surface area contributed by atoms with Crippen molar-refractivity contribution in [2.75, 3.05) is 6.61 Å². The summed E-state index contributed by atoms with van der Waals surface area (Å²) in [4.78, 5) is 30.6. The number of aryl methyl sites for hydroxylation is 1. The van der Waals surface area contributed by atoms with Crippen molar-refractivity contribution in [1.29, 1.82) is 0 Å². The van der Waals surface area contributed by atoms with Crippen LogP contribution in [-0.4, -0.2) is 27.9 Å². The van der Waals surface area contributed by atoms with Crippen molar-refractivity contribution in [3.8, 4) is 11.3 Å². The number of esters is 1. The highest BCUT2D eigenvalue weighted by Gasteiger charge is 2.22. The van der Waals surface area contributed by atoms with Crippen molar-refractivity contribution in [1.82, 2.24) is 9.55 Å². The number of Topliss-reactive ketones (excluding diaryl/α,β-unsaturated/α-hetero) is 1. The van der Waals surface area contributed by atoms with Crippen LogP contribution < -0.4 is 0 Å². The third-order valence-electron chi connectivity index (χ3n) is 5.80. The van der Waals surface area contributed by atoms with E-state index in [1.165, 1.54) is 0 Å². The summed E-state index contributed by atoms with van der Waals surface area (Å²) < 4.78 is 7.45. The van der Waals surface area contributed by atoms with Crippen LogP contribution in [0.1, 0.15) is 37.7 Å². The summed E-state index contributed by atoms with van der Waals surface area (Å²) in [5, 5.41) is 0.712. The Kier molecular flexibility index (Phi) is 5.42. The Labute approximate surface area is 181 Å². The quantitative estimate of drug-likeness (QED) is 0.334. The summed E-state index contributed by atoms with van der Waals surface area (Å²) in [5.41, 5.74) is 5.95. The Balaban J connectivity index is 1.69. The van der Waals surface area contributed by atoms with Crippen molar-refractivity contribution >= 4 is 22.7 Å². The molecule has 0 amide bonds. The van der Waals surface area contributed by atoms with E-state index in [0.29, 0.717) is 22.0 Å². The lowest BCUT2D eigenvalue weighted by Gasteiger charge is -2.14. The summed E-state index contributed by atoms with van der Waals surface area (Å²) in [6.45, 7) is 5.38. The van der Waals surface area contributed by atoms with E-state index in [1.807, 2.05) is 93.0 Å². The second-order valence-corrected chi connectivity index (χ2v) is 7.69. The Morgan fingerprint density at radius 1 is 0.968 bits per heavy atom. The molecule has 4 rings (SSSR count). The highest BCUT2D eigenvalue weighted by Crippen LogP contribution is 2.30. The molecule has 2 aromatic carbocycles. The first-order valence-corrected chi connectivity index (χ1v) is 10.2. The van der Waals surface area contributed by atoms with Gasteiger partial charge in [0.1, 0.15) is 0 Å². The van der Waals surface area contributed by atoms with Crippen molar-refractivity contribution in [3.05, 3.63) is 88.7 Å². The monoisotopic (exact) mass is 412 g/mol. The molecule has 0 aliphatic carbocycles. The summed E-state index contributed by atoms with van der Waals surface area (Å²) in [7, 11) is 1.91. The maximum atomic E-state index is 13.1. The second-order valence-electron chi connectivity index (χ2n) is 7.69. The van der Waals surface area contributed by atoms with Crippen molar-refractivity contribution in [3.63, 3.8) is 0 Å². The number of rotatable bonds is 5. The van der Waals surface area contributed by atoms with Crippen molar-refractivity contribution < 1.29 is 14.3 Å². The fourth-order valence-corrected chi connectivity index (χ4v) is 3.87. The van der Waals surface area contributed by atoms with Crippen LogP contribution in [0.15, 0.2) is 60.7 Å². The van der Waals surface area contributed by atoms with E-state index in [2.05, 4.69) is 0 Å². The topological polar surface area (TPSA) is 61.2 Å². The van der Waals surface area contributed by atoms with Gasteiger partial charge in [-0.05, 0) is 38.5 Å². The van der Waals surface area contributed by atoms with Crippen molar-refractivity contribution in [2.24, 2.45) is 7.05 Å². The molecule has 0 aliphatic rings. The third-order valence-corrected chi connectivity index (χ3v) is 5.80. The number of hydrogen-bond acceptors (Lipinski definition) is 4. The molecular formula is C26H24N2O3. The minimum Gasteiger partial charge on any atom is -0.454 e. The first-order chi connectivity index (χ1) is 14.9. The van der Waals surface area contributed by atoms with Gasteiger partial charge in [-0.25, -0.2) is 9.78 Å². The van der Waals surface area contributed by atoms with E-state index < -0.39 is 5.97 Å². The summed E-state index contributed by atoms with van der Waals surface area (Å²) >= 11 is 0. The number of nitrogens with zero attached hydrogens (tertiary/aromatic N) is 2. The zero-order valence-corrected chi connectivity index (χ0v) is 18.1. The highest BCUT2D eigenvalue weighted by molar-refractivity contribution is 6.07. The van der Waals surface area contributed by atoms with Crippen LogP contribution >= 0.6 is 0 Å². The minimum atomic E-state index is -0.521. The van der Waals surface area contributed by atoms with Gasteiger partial charge in [-0.15, -0.1) is 0 Å². The van der Waals surface area contributed by atoms with E-state index in [0.717, 1.165) is 28.2 Å². The van der Waals surface area contributed by atoms with Crippen molar-refractivity contribution in [2.45, 2.75) is 20.8 Å². The lowest BCUT2D eigenvalue weighted by molar-refractivity contribution is 0.0475. The summed E-state index contributed by atoms with van der Waals surface area (Å²) in [6, 6.07) is 19.0. The number of aromatic nitrogens is 2. The van der Waals surface area contributed by atoms with Crippen LogP contribution in [-0.2, 0) is 11.8 Å². The molecule has 0 atom stereocenters. The smallest absolute Gasteiger partial charge is 0.339 e. The predicted octanol–water partition coefficient (Wildman–Crippen LogP) is 5.21. The zero-order chi connectivity index (χ0) is 22.1. The summed E-state index contributed by atoms with van der Waals surface area (Å²) in [5.74, 6) is -0.735. The van der Waals surface area contributed by atoms with E-state index in [9.17, 15) is 9.59 Å². The molecule has 0 saturated heterocycles. The Bertz CT molecular complexity index is 1300. The molecule has 2 heterocycles. The maximum absolute atomic E-state index is 13.1. The standard InChI is InChI=1S/C26H24N2O3/c1-16-14-21(18(3)28(16)4)23(29)15-31-26(30)24-17(2)25(19-10-6-5-7-11-19)27-22-13-9-8-12-20(22)24/h5-14H,15H2,1-4H3. The number of ether oxygens (including phenoxy) is 1. The molecule has 0 saturated carbocycles. The number of carbonyl (C=O) groups excluding carboxylic acids is 2. The van der Waals surface area contributed by atoms with Gasteiger partial charge in [-0.1, -0.05) is 48.5 Å². The molecular weight excluding hydrogens is 388 g/mol. The fourth-order valence-electron chi connectivity index (χ4n) is 3.87. The molecule has 4 aromatic rings. The van der Waals surface area contributed by atoms with Gasteiger partial charge in [0, 0.05) is 34.9 Å². The molecule has 0 unspecified atom stereocenters. The van der Waals surface area contributed by atoms with E-state index >= 15 is 0 Å². The van der Waals surface area contributed by atoms with Crippen LogP contribution in [0.4, 0.5) is 0 Å². The fraction of sp³-hybridized carbons (Fsp3) is 0.192. The van der Waals surface area contributed by atoms with Gasteiger partial charge in [0.05, 0.1) is 16.8 Å². The highest BCUT2D eigenvalue weighted by atomic mass is 16.5. The predicted molar refractivity (Wildman–Crippen MR) is 121 cm³/mol. The maximum Gasteiger partial charge on any atom is 0.339 e. The first kappa shape index (κ1) is 20.5. The minimum absolute atomic E-state index is 0.214. The lowest BCUT2D eigenvalue weighted by Crippen LogP contribution is -2.16. The van der Waals surface area contributed by atoms with Gasteiger partial charge in [0.25, 0.3) is 0 Å². The SMILES string of the molecule is Cc1c(-c2ccccc2)nc2ccccc2c1C(=O)OCC(=O)c1cc(C)n(C)c1C. The first-order valence-electron chi connectivity index (χ1n) is 10.2. The number of para-hydroxylation sites is 1. The molecule has 0 bridgehead atoms. The molecule has 2 aromatic heterocycles. The Hall–Kier alpha value is -3.73. The Morgan fingerprint density at radius 3 is 2.32 bits per heavy atom. The van der Waals surface area contributed by atoms with Gasteiger partial charge in [-0.2, -0.15) is 0 Å². The van der Waals surface area contributed by atoms with Gasteiger partial charge >= 0.3 is 5.97 Å². The normalized spacial score (nSPS) is 11.0. The molecule has 0 fully saturated rings. The molecule has 156 valence electrons. The number of hydrogen-bond donors (Lipinski definition) is 0. The van der Waals surface area contributed by atoms with Crippen LogP contribution in [0.2, 0.25) is 0 Å². The molecule has 31 heavy (non-hydrogen) atoms. The van der Waals surface area contributed by atoms with E-state index in [1.54, 1.807) is 0 Å². The van der Waals surface area contributed by atoms with Crippen LogP contribution in [0, 0.1) is 20.8 Å². The third kappa shape index (κ3) is 3.75. The molecule has 0 aliphatic heterocycles. The van der Waals surface area contributed by atoms with Gasteiger partial charge in [0.2, 0.25) is 5.78 Å². The summed E-state index contributed by atoms with van der Waals surface area (Å²) in [6.07, 6.45) is 0. The molecule has 5 nitrogen and oxygen atoms in total. The van der Waals surface area contributed by atoms with Crippen LogP contribution in [0.25, 0.3) is 22.2 Å². The number of ketones is 1. The average Bonchev–Trinajstić information content (AvgIpc) is 3.04. The Morgan fingerprint density at radius 2 is 1.65 bits per heavy atom. The van der Waals surface area contributed by atoms with Crippen LogP contribution in [0.3, 0.4) is 0 Å². The van der Waals surface area contributed by atoms with E-state index in [-0.39, 0.29) is 12.4 Å². The number of pyridine rings is 1. The van der Waals surface area contributed by atoms with Gasteiger partial charge in [0.15, 0.2) is 6.61 Å². The molecule has 0 radical (unpaired) electrons. The molecule has 0 spiro atoms. The number of fused-ring (bicyclic) bond motifs is 1. The van der Waals surface area contributed by atoms with Crippen LogP contribution in [0.5, 0.6) is 0 Å². The second kappa shape index (κ2) is 8.19. The molecule has 0 N–H and O–H groups in total. The number of carbonyl (C=O) groups is 2. The molecule has 5 heteroatoms. The van der Waals surface area contributed by atoms with Gasteiger partial charge < -0.3 is 9.30 Å². The largest absolute Gasteiger partial charge is 0.454 e. The average molecular weight is 412 g/mol. The zero-order valence-electron chi connectivity index (χ0n) is 18.1.